The van der Waals surface area contributed by atoms with Gasteiger partial charge in [-0.15, -0.1) is 0 Å². The van der Waals surface area contributed by atoms with E-state index in [1.165, 1.54) is 10.9 Å². The first-order valence-corrected chi connectivity index (χ1v) is 14.3. The van der Waals surface area contributed by atoms with Crippen LogP contribution < -0.4 is 10.9 Å². The van der Waals surface area contributed by atoms with E-state index in [1.54, 1.807) is 30.3 Å². The number of rotatable bonds is 12. The van der Waals surface area contributed by atoms with Gasteiger partial charge in [0.25, 0.3) is 5.56 Å². The molecule has 3 heterocycles. The van der Waals surface area contributed by atoms with E-state index in [0.717, 1.165) is 5.56 Å². The average Bonchev–Trinajstić information content (AvgIpc) is 3.59. The number of nitrogens with one attached hydrogen (secondary N) is 2. The van der Waals surface area contributed by atoms with Crippen LogP contribution in [0, 0.1) is 0 Å². The Balaban J connectivity index is 1.35. The predicted molar refractivity (Wildman–Crippen MR) is 146 cm³/mol. The lowest BCUT2D eigenvalue weighted by Gasteiger charge is -2.23. The van der Waals surface area contributed by atoms with Gasteiger partial charge < -0.3 is 30.3 Å². The minimum Gasteiger partial charge on any atom is -0.394 e. The number of hydrogen-bond donors (Lipinski definition) is 6. The van der Waals surface area contributed by atoms with Crippen molar-refractivity contribution in [3.05, 3.63) is 88.5 Å². The summed E-state index contributed by atoms with van der Waals surface area (Å²) in [5.74, 6) is 0.0841. The van der Waals surface area contributed by atoms with E-state index in [0.29, 0.717) is 5.56 Å². The second-order valence-corrected chi connectivity index (χ2v) is 10.7. The first-order valence-electron chi connectivity index (χ1n) is 12.8. The number of aromatic amines is 1. The number of aliphatic hydroxyl groups is 3. The molecule has 218 valence electrons. The quantitative estimate of drug-likeness (QED) is 0.131. The molecule has 1 aliphatic heterocycles. The molecule has 1 aliphatic rings. The molecule has 5 rings (SSSR count). The molecule has 4 aromatic rings. The molecule has 1 unspecified atom stereocenters. The topological polar surface area (TPSA) is 201 Å². The number of phosphoric ester groups is 1. The second-order valence-electron chi connectivity index (χ2n) is 9.38. The van der Waals surface area contributed by atoms with Gasteiger partial charge in [0.05, 0.1) is 32.2 Å². The Hall–Kier alpha value is -3.46. The molecular formula is C26H30N5O9P. The van der Waals surface area contributed by atoms with Gasteiger partial charge in [-0.3, -0.25) is 23.4 Å². The maximum atomic E-state index is 12.9. The maximum absolute atomic E-state index is 12.9. The van der Waals surface area contributed by atoms with Crippen molar-refractivity contribution in [3.8, 4) is 0 Å². The number of nitrogens with zero attached hydrogens (tertiary/aromatic N) is 3. The number of H-pyrrole nitrogens is 1. The van der Waals surface area contributed by atoms with Gasteiger partial charge >= 0.3 is 7.82 Å². The van der Waals surface area contributed by atoms with Gasteiger partial charge in [-0.1, -0.05) is 60.7 Å². The second kappa shape index (κ2) is 12.6. The Morgan fingerprint density at radius 1 is 1.07 bits per heavy atom. The highest BCUT2D eigenvalue weighted by Crippen LogP contribution is 2.51. The zero-order chi connectivity index (χ0) is 29.0. The minimum absolute atomic E-state index is 0.0136. The fourth-order valence-corrected chi connectivity index (χ4v) is 5.78. The summed E-state index contributed by atoms with van der Waals surface area (Å²) in [6.45, 7) is -1.37. The fourth-order valence-electron chi connectivity index (χ4n) is 4.66. The molecule has 6 N–H and O–H groups in total. The molecule has 1 saturated heterocycles. The Morgan fingerprint density at radius 2 is 1.76 bits per heavy atom. The molecule has 0 spiro atoms. The van der Waals surface area contributed by atoms with Gasteiger partial charge in [-0.25, -0.2) is 9.55 Å². The maximum Gasteiger partial charge on any atom is 0.473 e. The molecule has 1 fully saturated rings. The number of phosphoric acid groups is 1. The standard InChI is InChI=1S/C26H30N5O9P/c32-12-18(16-7-3-1-4-8-16)28-26-29-24-23(25(35)30-26)27-15-31(24)22-11-19(21(14-34)38-22)39-41(36,37)40-20(13-33)17-9-5-2-6-10-17/h1-10,15,18-22,32-34H,11-14H2,(H,36,37)(H2,28,29,30,35)/t18-,19+,20-,21-,22-/m1/s1. The monoisotopic (exact) mass is 587 g/mol. The normalized spacial score (nSPS) is 21.9. The SMILES string of the molecule is O=c1[nH]c(N[C@H](CO)c2ccccc2)nc2c1ncn2[C@H]1C[C@H](OP(=O)(O)O[C@H](CO)c2ccccc2)[C@@H](CO)O1. The summed E-state index contributed by atoms with van der Waals surface area (Å²) in [5.41, 5.74) is 0.899. The average molecular weight is 588 g/mol. The third-order valence-electron chi connectivity index (χ3n) is 6.66. The van der Waals surface area contributed by atoms with Crippen molar-refractivity contribution in [2.24, 2.45) is 0 Å². The Bertz CT molecular complexity index is 1550. The third kappa shape index (κ3) is 6.56. The molecule has 0 aliphatic carbocycles. The summed E-state index contributed by atoms with van der Waals surface area (Å²) < 4.78 is 30.8. The number of hydrogen-bond acceptors (Lipinski definition) is 11. The van der Waals surface area contributed by atoms with Gasteiger partial charge in [0.1, 0.15) is 24.5 Å². The lowest BCUT2D eigenvalue weighted by molar-refractivity contribution is -0.0461. The van der Waals surface area contributed by atoms with Crippen LogP contribution in [-0.4, -0.2) is 71.8 Å². The van der Waals surface area contributed by atoms with Crippen LogP contribution in [0.15, 0.2) is 71.8 Å². The number of aliphatic hydroxyl groups excluding tert-OH is 3. The largest absolute Gasteiger partial charge is 0.473 e. The van der Waals surface area contributed by atoms with Crippen LogP contribution >= 0.6 is 7.82 Å². The number of fused-ring (bicyclic) bond motifs is 1. The van der Waals surface area contributed by atoms with E-state index in [-0.39, 0.29) is 30.1 Å². The van der Waals surface area contributed by atoms with E-state index >= 15 is 0 Å². The number of imidazole rings is 1. The van der Waals surface area contributed by atoms with Gasteiger partial charge in [0, 0.05) is 6.42 Å². The van der Waals surface area contributed by atoms with Crippen molar-refractivity contribution in [2.45, 2.75) is 37.0 Å². The lowest BCUT2D eigenvalue weighted by Crippen LogP contribution is -2.27. The number of benzene rings is 2. The summed E-state index contributed by atoms with van der Waals surface area (Å²) >= 11 is 0. The van der Waals surface area contributed by atoms with Crippen molar-refractivity contribution in [2.75, 3.05) is 25.1 Å². The summed E-state index contributed by atoms with van der Waals surface area (Å²) in [6.07, 6.45) is -2.75. The van der Waals surface area contributed by atoms with Crippen molar-refractivity contribution < 1.29 is 38.6 Å². The molecule has 41 heavy (non-hydrogen) atoms. The molecule has 0 bridgehead atoms. The van der Waals surface area contributed by atoms with Gasteiger partial charge in [0.15, 0.2) is 11.2 Å². The molecular weight excluding hydrogens is 557 g/mol. The van der Waals surface area contributed by atoms with E-state index in [2.05, 4.69) is 20.3 Å². The first-order chi connectivity index (χ1) is 19.8. The van der Waals surface area contributed by atoms with E-state index in [1.807, 2.05) is 30.3 Å². The highest BCUT2D eigenvalue weighted by molar-refractivity contribution is 7.47. The van der Waals surface area contributed by atoms with Crippen LogP contribution in [0.1, 0.15) is 35.9 Å². The molecule has 2 aromatic heterocycles. The van der Waals surface area contributed by atoms with Crippen molar-refractivity contribution >= 4 is 24.9 Å². The summed E-state index contributed by atoms with van der Waals surface area (Å²) in [4.78, 5) is 34.5. The van der Waals surface area contributed by atoms with Crippen molar-refractivity contribution in [1.82, 2.24) is 19.5 Å². The number of aromatic nitrogens is 4. The Kier molecular flexibility index (Phi) is 8.92. The summed E-state index contributed by atoms with van der Waals surface area (Å²) in [7, 11) is -4.73. The molecule has 2 aromatic carbocycles. The molecule has 0 radical (unpaired) electrons. The number of ether oxygens (including phenoxy) is 1. The van der Waals surface area contributed by atoms with Crippen LogP contribution in [0.2, 0.25) is 0 Å². The van der Waals surface area contributed by atoms with E-state index in [9.17, 15) is 29.6 Å². The first kappa shape index (κ1) is 29.0. The summed E-state index contributed by atoms with van der Waals surface area (Å²) in [5, 5.41) is 32.5. The van der Waals surface area contributed by atoms with E-state index < -0.39 is 57.2 Å². The third-order valence-corrected chi connectivity index (χ3v) is 7.72. The van der Waals surface area contributed by atoms with Crippen LogP contribution in [0.5, 0.6) is 0 Å². The molecule has 14 nitrogen and oxygen atoms in total. The Morgan fingerprint density at radius 3 is 2.39 bits per heavy atom. The molecule has 6 atom stereocenters. The zero-order valence-electron chi connectivity index (χ0n) is 21.7. The lowest BCUT2D eigenvalue weighted by atomic mass is 10.1. The highest BCUT2D eigenvalue weighted by atomic mass is 31.2. The minimum atomic E-state index is -4.73. The fraction of sp³-hybridized carbons (Fsp3) is 0.346. The smallest absolute Gasteiger partial charge is 0.394 e. The van der Waals surface area contributed by atoms with E-state index in [4.69, 9.17) is 13.8 Å². The predicted octanol–water partition coefficient (Wildman–Crippen LogP) is 1.78. The van der Waals surface area contributed by atoms with Crippen LogP contribution in [0.3, 0.4) is 0 Å². The van der Waals surface area contributed by atoms with Crippen LogP contribution in [0.4, 0.5) is 5.95 Å². The van der Waals surface area contributed by atoms with Gasteiger partial charge in [-0.2, -0.15) is 4.98 Å². The molecule has 0 amide bonds. The van der Waals surface area contributed by atoms with Crippen molar-refractivity contribution in [3.63, 3.8) is 0 Å². The van der Waals surface area contributed by atoms with Crippen LogP contribution in [0.25, 0.3) is 11.2 Å². The van der Waals surface area contributed by atoms with Gasteiger partial charge in [-0.05, 0) is 11.1 Å². The van der Waals surface area contributed by atoms with Crippen LogP contribution in [-0.2, 0) is 18.3 Å². The summed E-state index contributed by atoms with van der Waals surface area (Å²) in [6, 6.07) is 17.0. The van der Waals surface area contributed by atoms with Crippen molar-refractivity contribution in [1.29, 1.82) is 0 Å². The number of anilines is 1. The molecule has 0 saturated carbocycles. The Labute approximate surface area is 233 Å². The zero-order valence-corrected chi connectivity index (χ0v) is 22.6. The molecule has 15 heteroatoms. The van der Waals surface area contributed by atoms with Gasteiger partial charge in [0.2, 0.25) is 5.95 Å². The highest BCUT2D eigenvalue weighted by Gasteiger charge is 2.42.